The fourth-order valence-corrected chi connectivity index (χ4v) is 2.94. The first-order chi connectivity index (χ1) is 12.5. The highest BCUT2D eigenvalue weighted by Crippen LogP contribution is 2.18. The molecule has 140 valence electrons. The van der Waals surface area contributed by atoms with Crippen LogP contribution in [0.5, 0.6) is 5.75 Å². The normalized spacial score (nSPS) is 20.6. The van der Waals surface area contributed by atoms with Crippen molar-refractivity contribution >= 4 is 5.91 Å². The molecule has 1 aromatic carbocycles. The van der Waals surface area contributed by atoms with Gasteiger partial charge in [-0.05, 0) is 24.6 Å². The van der Waals surface area contributed by atoms with Gasteiger partial charge in [0.05, 0.1) is 26.1 Å². The van der Waals surface area contributed by atoms with Crippen molar-refractivity contribution in [1.82, 2.24) is 14.5 Å². The van der Waals surface area contributed by atoms with Gasteiger partial charge in [-0.3, -0.25) is 4.79 Å². The fourth-order valence-electron chi connectivity index (χ4n) is 2.94. The highest BCUT2D eigenvalue weighted by Gasteiger charge is 2.35. The van der Waals surface area contributed by atoms with Crippen LogP contribution in [-0.4, -0.2) is 64.0 Å². The molecule has 0 bridgehead atoms. The molecule has 2 heterocycles. The summed E-state index contributed by atoms with van der Waals surface area (Å²) >= 11 is 0. The number of benzene rings is 1. The first kappa shape index (κ1) is 18.4. The zero-order valence-corrected chi connectivity index (χ0v) is 15.0. The highest BCUT2D eigenvalue weighted by molar-refractivity contribution is 5.76. The Balaban J connectivity index is 1.57. The maximum atomic E-state index is 12.5. The zero-order chi connectivity index (χ0) is 18.4. The molecular formula is C19H25N3O4. The second kappa shape index (κ2) is 8.33. The van der Waals surface area contributed by atoms with Crippen molar-refractivity contribution < 1.29 is 19.4 Å². The van der Waals surface area contributed by atoms with Crippen molar-refractivity contribution in [2.75, 3.05) is 32.9 Å². The minimum absolute atomic E-state index is 0.0156. The van der Waals surface area contributed by atoms with Gasteiger partial charge in [0, 0.05) is 31.9 Å². The molecule has 1 amide bonds. The molecule has 2 aromatic rings. The van der Waals surface area contributed by atoms with Crippen molar-refractivity contribution in [2.24, 2.45) is 0 Å². The van der Waals surface area contributed by atoms with Crippen molar-refractivity contribution in [3.8, 4) is 5.75 Å². The number of aromatic nitrogens is 2. The maximum absolute atomic E-state index is 12.5. The number of ether oxygens (including phenoxy) is 2. The maximum Gasteiger partial charge on any atom is 0.224 e. The van der Waals surface area contributed by atoms with E-state index in [-0.39, 0.29) is 25.7 Å². The van der Waals surface area contributed by atoms with Crippen LogP contribution in [0.15, 0.2) is 43.0 Å². The highest BCUT2D eigenvalue weighted by atomic mass is 16.5. The molecule has 1 aliphatic heterocycles. The Bertz CT molecular complexity index is 719. The van der Waals surface area contributed by atoms with Gasteiger partial charge in [0.15, 0.2) is 0 Å². The number of carbonyl (C=O) groups excluding carboxylic acids is 1. The second-order valence-electron chi connectivity index (χ2n) is 6.75. The Morgan fingerprint density at radius 1 is 1.46 bits per heavy atom. The molecular weight excluding hydrogens is 334 g/mol. The summed E-state index contributed by atoms with van der Waals surface area (Å²) in [7, 11) is 0. The van der Waals surface area contributed by atoms with Crippen molar-refractivity contribution in [3.05, 3.63) is 48.5 Å². The van der Waals surface area contributed by atoms with E-state index in [1.807, 2.05) is 42.0 Å². The van der Waals surface area contributed by atoms with Crippen molar-refractivity contribution in [3.63, 3.8) is 0 Å². The number of carbonyl (C=O) groups is 1. The lowest BCUT2D eigenvalue weighted by Crippen LogP contribution is -2.50. The fraction of sp³-hybridized carbons (Fsp3) is 0.474. The van der Waals surface area contributed by atoms with Gasteiger partial charge < -0.3 is 24.0 Å². The van der Waals surface area contributed by atoms with E-state index in [1.165, 1.54) is 0 Å². The largest absolute Gasteiger partial charge is 0.490 e. The summed E-state index contributed by atoms with van der Waals surface area (Å²) < 4.78 is 13.1. The summed E-state index contributed by atoms with van der Waals surface area (Å²) in [6, 6.07) is 7.65. The van der Waals surface area contributed by atoms with Gasteiger partial charge in [0.1, 0.15) is 18.0 Å². The van der Waals surface area contributed by atoms with E-state index >= 15 is 0 Å². The Labute approximate surface area is 153 Å². The molecule has 0 unspecified atom stereocenters. The number of hydrogen-bond acceptors (Lipinski definition) is 5. The predicted molar refractivity (Wildman–Crippen MR) is 95.9 cm³/mol. The molecule has 0 saturated carbocycles. The molecule has 1 aliphatic rings. The van der Waals surface area contributed by atoms with Gasteiger partial charge in [-0.2, -0.15) is 0 Å². The molecule has 0 radical (unpaired) electrons. The number of rotatable bonds is 6. The average molecular weight is 359 g/mol. The van der Waals surface area contributed by atoms with Crippen LogP contribution in [0.3, 0.4) is 0 Å². The lowest BCUT2D eigenvalue weighted by molar-refractivity contribution is -0.135. The van der Waals surface area contributed by atoms with Crippen LogP contribution in [0.25, 0.3) is 0 Å². The summed E-state index contributed by atoms with van der Waals surface area (Å²) in [5, 5.41) is 10.9. The molecule has 1 saturated heterocycles. The molecule has 1 aromatic heterocycles. The number of β-amino-alcohol motifs (C(OH)–C–C–N with tert-alkyl or cyclic N) is 1. The minimum Gasteiger partial charge on any atom is -0.490 e. The van der Waals surface area contributed by atoms with Gasteiger partial charge in [0.25, 0.3) is 0 Å². The standard InChI is InChI=1S/C19H25N3O4/c1-16-3-2-4-17(11-16)26-14-19(24)12-22(9-10-25-13-19)18(23)5-7-21-8-6-20-15-21/h2-4,6,8,11,15,24H,5,7,9-10,12-14H2,1H3/t19-/m0/s1. The molecule has 1 fully saturated rings. The number of aliphatic hydroxyl groups is 1. The van der Waals surface area contributed by atoms with E-state index < -0.39 is 5.60 Å². The van der Waals surface area contributed by atoms with Gasteiger partial charge >= 0.3 is 0 Å². The second-order valence-corrected chi connectivity index (χ2v) is 6.75. The molecule has 1 N–H and O–H groups in total. The van der Waals surface area contributed by atoms with Gasteiger partial charge in [0.2, 0.25) is 5.91 Å². The van der Waals surface area contributed by atoms with Crippen LogP contribution in [0.4, 0.5) is 0 Å². The molecule has 1 atom stereocenters. The van der Waals surface area contributed by atoms with E-state index in [0.717, 1.165) is 5.56 Å². The van der Waals surface area contributed by atoms with Crippen LogP contribution in [0.2, 0.25) is 0 Å². The SMILES string of the molecule is Cc1cccc(OC[C@@]2(O)COCCN(C(=O)CCn3ccnc3)C2)c1. The number of nitrogens with zero attached hydrogens (tertiary/aromatic N) is 3. The summed E-state index contributed by atoms with van der Waals surface area (Å²) in [4.78, 5) is 18.2. The van der Waals surface area contributed by atoms with Crippen LogP contribution < -0.4 is 4.74 Å². The first-order valence-corrected chi connectivity index (χ1v) is 8.77. The molecule has 7 heteroatoms. The third-order valence-electron chi connectivity index (χ3n) is 4.35. The van der Waals surface area contributed by atoms with E-state index in [9.17, 15) is 9.90 Å². The summed E-state index contributed by atoms with van der Waals surface area (Å²) in [6.45, 7) is 3.83. The zero-order valence-electron chi connectivity index (χ0n) is 15.0. The van der Waals surface area contributed by atoms with Gasteiger partial charge in [-0.25, -0.2) is 4.98 Å². The molecule has 3 rings (SSSR count). The number of amides is 1. The quantitative estimate of drug-likeness (QED) is 0.840. The van der Waals surface area contributed by atoms with Crippen molar-refractivity contribution in [2.45, 2.75) is 25.5 Å². The summed E-state index contributed by atoms with van der Waals surface area (Å²) in [6.07, 6.45) is 5.55. The smallest absolute Gasteiger partial charge is 0.224 e. The number of aryl methyl sites for hydroxylation is 2. The minimum atomic E-state index is -1.23. The Hall–Kier alpha value is -2.38. The van der Waals surface area contributed by atoms with E-state index in [4.69, 9.17) is 9.47 Å². The van der Waals surface area contributed by atoms with E-state index in [0.29, 0.717) is 31.9 Å². The monoisotopic (exact) mass is 359 g/mol. The van der Waals surface area contributed by atoms with Crippen LogP contribution in [0.1, 0.15) is 12.0 Å². The number of imidazole rings is 1. The van der Waals surface area contributed by atoms with Crippen LogP contribution in [0, 0.1) is 6.92 Å². The summed E-state index contributed by atoms with van der Waals surface area (Å²) in [5.74, 6) is 0.679. The third kappa shape index (κ3) is 5.06. The molecule has 0 aliphatic carbocycles. The Morgan fingerprint density at radius 2 is 2.35 bits per heavy atom. The Kier molecular flexibility index (Phi) is 5.90. The Morgan fingerprint density at radius 3 is 3.12 bits per heavy atom. The van der Waals surface area contributed by atoms with Gasteiger partial charge in [-0.1, -0.05) is 12.1 Å². The third-order valence-corrected chi connectivity index (χ3v) is 4.35. The average Bonchev–Trinajstić information content (AvgIpc) is 3.07. The number of hydrogen-bond donors (Lipinski definition) is 1. The van der Waals surface area contributed by atoms with Gasteiger partial charge in [-0.15, -0.1) is 0 Å². The van der Waals surface area contributed by atoms with E-state index in [2.05, 4.69) is 4.98 Å². The lowest BCUT2D eigenvalue weighted by Gasteiger charge is -2.30. The van der Waals surface area contributed by atoms with E-state index in [1.54, 1.807) is 17.4 Å². The molecule has 7 nitrogen and oxygen atoms in total. The predicted octanol–water partition coefficient (Wildman–Crippen LogP) is 1.25. The van der Waals surface area contributed by atoms with Crippen LogP contribution in [-0.2, 0) is 16.1 Å². The first-order valence-electron chi connectivity index (χ1n) is 8.77. The lowest BCUT2D eigenvalue weighted by atomic mass is 10.1. The van der Waals surface area contributed by atoms with Crippen molar-refractivity contribution in [1.29, 1.82) is 0 Å². The topological polar surface area (TPSA) is 76.8 Å². The van der Waals surface area contributed by atoms with Crippen LogP contribution >= 0.6 is 0 Å². The molecule has 0 spiro atoms. The molecule has 26 heavy (non-hydrogen) atoms. The summed E-state index contributed by atoms with van der Waals surface area (Å²) in [5.41, 5.74) is -0.145.